The number of fused-ring (bicyclic) bond motifs is 1. The van der Waals surface area contributed by atoms with Crippen LogP contribution in [0.2, 0.25) is 5.02 Å². The van der Waals surface area contributed by atoms with Crippen LogP contribution < -0.4 is 5.32 Å². The maximum atomic E-state index is 6.00. The standard InChI is InChI=1S/C20H17ClN4O/c1-13-19-20(26-25-13)18(23-11-9-16-4-2-3-10-22-16)12-17(24-19)14-5-7-15(21)8-6-14/h2-8,10,12H,9,11H2,1H3,(H,23,24). The summed E-state index contributed by atoms with van der Waals surface area (Å²) < 4.78 is 5.48. The Kier molecular flexibility index (Phi) is 4.54. The average Bonchev–Trinajstić information content (AvgIpc) is 3.04. The molecule has 0 aliphatic carbocycles. The maximum Gasteiger partial charge on any atom is 0.208 e. The molecule has 3 aromatic heterocycles. The molecule has 26 heavy (non-hydrogen) atoms. The first-order chi connectivity index (χ1) is 12.7. The molecule has 0 saturated carbocycles. The predicted octanol–water partition coefficient (Wildman–Crippen LogP) is 4.90. The Morgan fingerprint density at radius 3 is 2.73 bits per heavy atom. The van der Waals surface area contributed by atoms with Crippen molar-refractivity contribution in [2.75, 3.05) is 11.9 Å². The molecule has 0 bridgehead atoms. The lowest BCUT2D eigenvalue weighted by Gasteiger charge is -2.09. The van der Waals surface area contributed by atoms with Crippen molar-refractivity contribution in [3.63, 3.8) is 0 Å². The largest absolute Gasteiger partial charge is 0.381 e. The summed E-state index contributed by atoms with van der Waals surface area (Å²) in [6.07, 6.45) is 2.62. The molecule has 0 spiro atoms. The zero-order valence-electron chi connectivity index (χ0n) is 14.2. The lowest BCUT2D eigenvalue weighted by atomic mass is 10.1. The molecule has 0 radical (unpaired) electrons. The second-order valence-electron chi connectivity index (χ2n) is 6.01. The third kappa shape index (κ3) is 3.39. The van der Waals surface area contributed by atoms with Gasteiger partial charge in [0.25, 0.3) is 0 Å². The van der Waals surface area contributed by atoms with E-state index in [0.29, 0.717) is 10.6 Å². The van der Waals surface area contributed by atoms with Crippen LogP contribution in [0.5, 0.6) is 0 Å². The normalized spacial score (nSPS) is 11.0. The molecule has 1 aromatic carbocycles. The Morgan fingerprint density at radius 2 is 1.96 bits per heavy atom. The Balaban J connectivity index is 1.65. The van der Waals surface area contributed by atoms with Crippen LogP contribution in [0, 0.1) is 6.92 Å². The lowest BCUT2D eigenvalue weighted by Crippen LogP contribution is -2.06. The Morgan fingerprint density at radius 1 is 1.12 bits per heavy atom. The number of nitrogens with zero attached hydrogens (tertiary/aromatic N) is 3. The molecular weight excluding hydrogens is 348 g/mol. The van der Waals surface area contributed by atoms with E-state index in [0.717, 1.165) is 46.8 Å². The average molecular weight is 365 g/mol. The minimum Gasteiger partial charge on any atom is -0.381 e. The van der Waals surface area contributed by atoms with Crippen LogP contribution in [-0.4, -0.2) is 21.7 Å². The van der Waals surface area contributed by atoms with E-state index >= 15 is 0 Å². The minimum atomic E-state index is 0.668. The predicted molar refractivity (Wildman–Crippen MR) is 103 cm³/mol. The van der Waals surface area contributed by atoms with Crippen molar-refractivity contribution in [2.45, 2.75) is 13.3 Å². The van der Waals surface area contributed by atoms with Gasteiger partial charge in [-0.3, -0.25) is 4.98 Å². The van der Waals surface area contributed by atoms with Crippen LogP contribution in [-0.2, 0) is 6.42 Å². The highest BCUT2D eigenvalue weighted by Gasteiger charge is 2.14. The zero-order valence-corrected chi connectivity index (χ0v) is 15.0. The van der Waals surface area contributed by atoms with Crippen molar-refractivity contribution in [3.8, 4) is 11.3 Å². The Bertz CT molecular complexity index is 1030. The van der Waals surface area contributed by atoms with Crippen LogP contribution in [0.25, 0.3) is 22.4 Å². The maximum absolute atomic E-state index is 6.00. The summed E-state index contributed by atoms with van der Waals surface area (Å²) in [6.45, 7) is 2.62. The van der Waals surface area contributed by atoms with Gasteiger partial charge in [0.05, 0.1) is 11.4 Å². The van der Waals surface area contributed by atoms with Crippen molar-refractivity contribution in [1.29, 1.82) is 0 Å². The number of benzene rings is 1. The van der Waals surface area contributed by atoms with E-state index in [1.807, 2.05) is 55.5 Å². The highest BCUT2D eigenvalue weighted by molar-refractivity contribution is 6.30. The molecular formula is C20H17ClN4O. The smallest absolute Gasteiger partial charge is 0.208 e. The van der Waals surface area contributed by atoms with Gasteiger partial charge in [-0.2, -0.15) is 0 Å². The van der Waals surface area contributed by atoms with Gasteiger partial charge < -0.3 is 9.84 Å². The number of aromatic nitrogens is 3. The van der Waals surface area contributed by atoms with E-state index < -0.39 is 0 Å². The van der Waals surface area contributed by atoms with Crippen molar-refractivity contribution >= 4 is 28.4 Å². The molecule has 0 amide bonds. The number of pyridine rings is 2. The highest BCUT2D eigenvalue weighted by Crippen LogP contribution is 2.30. The number of nitrogens with one attached hydrogen (secondary N) is 1. The van der Waals surface area contributed by atoms with Gasteiger partial charge in [-0.1, -0.05) is 35.0 Å². The van der Waals surface area contributed by atoms with E-state index in [9.17, 15) is 0 Å². The van der Waals surface area contributed by atoms with Crippen LogP contribution in [0.15, 0.2) is 59.3 Å². The van der Waals surface area contributed by atoms with Crippen molar-refractivity contribution in [2.24, 2.45) is 0 Å². The summed E-state index contributed by atoms with van der Waals surface area (Å²) in [5, 5.41) is 8.19. The molecule has 130 valence electrons. The topological polar surface area (TPSA) is 63.8 Å². The SMILES string of the molecule is Cc1noc2c(NCCc3ccccn3)cc(-c3ccc(Cl)cc3)nc12. The molecule has 0 unspecified atom stereocenters. The van der Waals surface area contributed by atoms with Gasteiger partial charge in [0, 0.05) is 35.4 Å². The number of aryl methyl sites for hydroxylation is 1. The van der Waals surface area contributed by atoms with E-state index in [4.69, 9.17) is 21.1 Å². The van der Waals surface area contributed by atoms with Crippen LogP contribution in [0.1, 0.15) is 11.4 Å². The fourth-order valence-corrected chi connectivity index (χ4v) is 2.93. The number of rotatable bonds is 5. The summed E-state index contributed by atoms with van der Waals surface area (Å²) in [5.74, 6) is 0. The highest BCUT2D eigenvalue weighted by atomic mass is 35.5. The number of halogens is 1. The minimum absolute atomic E-state index is 0.668. The van der Waals surface area contributed by atoms with Gasteiger partial charge in [-0.25, -0.2) is 4.98 Å². The fraction of sp³-hybridized carbons (Fsp3) is 0.150. The van der Waals surface area contributed by atoms with E-state index in [2.05, 4.69) is 15.5 Å². The third-order valence-electron chi connectivity index (χ3n) is 4.15. The Hall–Kier alpha value is -2.92. The van der Waals surface area contributed by atoms with Crippen LogP contribution >= 0.6 is 11.6 Å². The lowest BCUT2D eigenvalue weighted by molar-refractivity contribution is 0.451. The number of hydrogen-bond acceptors (Lipinski definition) is 5. The number of hydrogen-bond donors (Lipinski definition) is 1. The molecule has 0 atom stereocenters. The molecule has 3 heterocycles. The molecule has 6 heteroatoms. The molecule has 4 aromatic rings. The van der Waals surface area contributed by atoms with Gasteiger partial charge in [0.2, 0.25) is 5.58 Å². The van der Waals surface area contributed by atoms with Gasteiger partial charge in [-0.05, 0) is 37.3 Å². The van der Waals surface area contributed by atoms with Crippen molar-refractivity contribution in [3.05, 3.63) is 71.1 Å². The van der Waals surface area contributed by atoms with Crippen molar-refractivity contribution < 1.29 is 4.52 Å². The van der Waals surface area contributed by atoms with Gasteiger partial charge in [0.1, 0.15) is 11.2 Å². The molecule has 0 saturated heterocycles. The van der Waals surface area contributed by atoms with Crippen LogP contribution in [0.4, 0.5) is 5.69 Å². The first kappa shape index (κ1) is 16.5. The second-order valence-corrected chi connectivity index (χ2v) is 6.44. The third-order valence-corrected chi connectivity index (χ3v) is 4.40. The zero-order chi connectivity index (χ0) is 17.9. The summed E-state index contributed by atoms with van der Waals surface area (Å²) in [5.41, 5.74) is 5.95. The summed E-state index contributed by atoms with van der Waals surface area (Å²) >= 11 is 6.00. The molecule has 0 fully saturated rings. The molecule has 5 nitrogen and oxygen atoms in total. The van der Waals surface area contributed by atoms with E-state index in [-0.39, 0.29) is 0 Å². The van der Waals surface area contributed by atoms with E-state index in [1.54, 1.807) is 6.20 Å². The van der Waals surface area contributed by atoms with Crippen LogP contribution in [0.3, 0.4) is 0 Å². The first-order valence-electron chi connectivity index (χ1n) is 8.37. The first-order valence-corrected chi connectivity index (χ1v) is 8.75. The fourth-order valence-electron chi connectivity index (χ4n) is 2.80. The molecule has 0 aliphatic rings. The molecule has 4 rings (SSSR count). The summed E-state index contributed by atoms with van der Waals surface area (Å²) in [7, 11) is 0. The molecule has 0 aliphatic heterocycles. The summed E-state index contributed by atoms with van der Waals surface area (Å²) in [6, 6.07) is 15.5. The van der Waals surface area contributed by atoms with Gasteiger partial charge >= 0.3 is 0 Å². The number of anilines is 1. The van der Waals surface area contributed by atoms with E-state index in [1.165, 1.54) is 0 Å². The monoisotopic (exact) mass is 364 g/mol. The molecule has 1 N–H and O–H groups in total. The quantitative estimate of drug-likeness (QED) is 0.545. The van der Waals surface area contributed by atoms with Crippen molar-refractivity contribution in [1.82, 2.24) is 15.1 Å². The van der Waals surface area contributed by atoms with Gasteiger partial charge in [-0.15, -0.1) is 0 Å². The second kappa shape index (κ2) is 7.14. The Labute approximate surface area is 156 Å². The van der Waals surface area contributed by atoms with Gasteiger partial charge in [0.15, 0.2) is 0 Å². The summed E-state index contributed by atoms with van der Waals surface area (Å²) in [4.78, 5) is 9.06.